The van der Waals surface area contributed by atoms with Crippen molar-refractivity contribution in [3.05, 3.63) is 94.5 Å². The number of benzene rings is 3. The van der Waals surface area contributed by atoms with E-state index in [-0.39, 0.29) is 11.9 Å². The van der Waals surface area contributed by atoms with E-state index in [9.17, 15) is 9.59 Å². The molecule has 5 heteroatoms. The number of carbonyl (C=O) groups is 2. The first-order chi connectivity index (χ1) is 14.6. The molecule has 1 unspecified atom stereocenters. The molecule has 1 saturated heterocycles. The number of halogens is 1. The van der Waals surface area contributed by atoms with Crippen LogP contribution in [0.1, 0.15) is 39.1 Å². The Labute approximate surface area is 180 Å². The minimum Gasteiger partial charge on any atom is -0.449 e. The topological polar surface area (TPSA) is 46.6 Å². The molecule has 1 atom stereocenters. The number of piperidine rings is 1. The fourth-order valence-electron chi connectivity index (χ4n) is 4.50. The van der Waals surface area contributed by atoms with Gasteiger partial charge in [-0.25, -0.2) is 4.79 Å². The van der Waals surface area contributed by atoms with Crippen molar-refractivity contribution < 1.29 is 14.3 Å². The average molecular weight is 418 g/mol. The number of hydrogen-bond donors (Lipinski definition) is 0. The van der Waals surface area contributed by atoms with Gasteiger partial charge in [0.2, 0.25) is 0 Å². The molecule has 1 spiro atoms. The standard InChI is InChI=1S/C25H20ClNO3/c26-20-6-3-5-19(15-20)17-9-11-18(12-10-17)23(28)27-14-4-13-25(16-27)22-8-2-1-7-21(22)24(29)30-25/h1-3,5-12,15H,4,13-14,16H2. The number of nitrogens with zero attached hydrogens (tertiary/aromatic N) is 1. The number of rotatable bonds is 2. The summed E-state index contributed by atoms with van der Waals surface area (Å²) in [5, 5.41) is 0.678. The van der Waals surface area contributed by atoms with Crippen LogP contribution in [-0.2, 0) is 10.3 Å². The highest BCUT2D eigenvalue weighted by molar-refractivity contribution is 6.30. The monoisotopic (exact) mass is 417 g/mol. The molecule has 0 saturated carbocycles. The molecule has 0 aliphatic carbocycles. The fraction of sp³-hybridized carbons (Fsp3) is 0.200. The summed E-state index contributed by atoms with van der Waals surface area (Å²) >= 11 is 6.09. The van der Waals surface area contributed by atoms with E-state index in [1.165, 1.54) is 0 Å². The number of esters is 1. The second kappa shape index (κ2) is 7.29. The Morgan fingerprint density at radius 2 is 1.77 bits per heavy atom. The average Bonchev–Trinajstić information content (AvgIpc) is 3.04. The zero-order valence-electron chi connectivity index (χ0n) is 16.3. The molecule has 150 valence electrons. The van der Waals surface area contributed by atoms with Gasteiger partial charge in [0, 0.05) is 22.7 Å². The molecular weight excluding hydrogens is 398 g/mol. The summed E-state index contributed by atoms with van der Waals surface area (Å²) in [5.74, 6) is -0.349. The van der Waals surface area contributed by atoms with Crippen molar-refractivity contribution in [1.29, 1.82) is 0 Å². The largest absolute Gasteiger partial charge is 0.449 e. The summed E-state index contributed by atoms with van der Waals surface area (Å²) in [6.45, 7) is 1.03. The Morgan fingerprint density at radius 3 is 2.57 bits per heavy atom. The van der Waals surface area contributed by atoms with E-state index in [2.05, 4.69) is 0 Å². The second-order valence-corrected chi connectivity index (χ2v) is 8.28. The van der Waals surface area contributed by atoms with Crippen LogP contribution in [0.2, 0.25) is 5.02 Å². The van der Waals surface area contributed by atoms with Crippen molar-refractivity contribution in [2.45, 2.75) is 18.4 Å². The highest BCUT2D eigenvalue weighted by Crippen LogP contribution is 2.43. The number of likely N-dealkylation sites (tertiary alicyclic amines) is 1. The van der Waals surface area contributed by atoms with Crippen LogP contribution in [0.25, 0.3) is 11.1 Å². The number of hydrogen-bond acceptors (Lipinski definition) is 3. The summed E-state index contributed by atoms with van der Waals surface area (Å²) in [4.78, 5) is 27.3. The fourth-order valence-corrected chi connectivity index (χ4v) is 4.69. The number of carbonyl (C=O) groups excluding carboxylic acids is 2. The number of fused-ring (bicyclic) bond motifs is 2. The Hall–Kier alpha value is -3.11. The summed E-state index contributed by atoms with van der Waals surface area (Å²) in [6, 6.07) is 22.7. The van der Waals surface area contributed by atoms with Crippen LogP contribution in [-0.4, -0.2) is 29.9 Å². The molecule has 1 fully saturated rings. The molecule has 0 radical (unpaired) electrons. The van der Waals surface area contributed by atoms with Gasteiger partial charge in [0.05, 0.1) is 12.1 Å². The molecule has 5 rings (SSSR count). The predicted octanol–water partition coefficient (Wildman–Crippen LogP) is 5.31. The van der Waals surface area contributed by atoms with Crippen molar-refractivity contribution in [1.82, 2.24) is 4.90 Å². The van der Waals surface area contributed by atoms with Crippen LogP contribution in [0.3, 0.4) is 0 Å². The molecule has 2 aliphatic heterocycles. The molecule has 3 aromatic carbocycles. The Kier molecular flexibility index (Phi) is 4.59. The van der Waals surface area contributed by atoms with Gasteiger partial charge in [0.15, 0.2) is 5.60 Å². The minimum atomic E-state index is -0.734. The molecule has 0 aromatic heterocycles. The minimum absolute atomic E-state index is 0.0489. The first kappa shape index (κ1) is 18.9. The first-order valence-electron chi connectivity index (χ1n) is 10.0. The van der Waals surface area contributed by atoms with Gasteiger partial charge in [-0.1, -0.05) is 54.1 Å². The van der Waals surface area contributed by atoms with Crippen molar-refractivity contribution in [2.24, 2.45) is 0 Å². The van der Waals surface area contributed by atoms with Crippen LogP contribution in [0.15, 0.2) is 72.8 Å². The van der Waals surface area contributed by atoms with Crippen LogP contribution < -0.4 is 0 Å². The molecule has 2 aliphatic rings. The maximum Gasteiger partial charge on any atom is 0.339 e. The van der Waals surface area contributed by atoms with Gasteiger partial charge in [-0.05, 0) is 54.3 Å². The maximum atomic E-state index is 13.2. The Bertz CT molecular complexity index is 1140. The van der Waals surface area contributed by atoms with Gasteiger partial charge in [-0.15, -0.1) is 0 Å². The summed E-state index contributed by atoms with van der Waals surface area (Å²) in [5.41, 5.74) is 3.40. The van der Waals surface area contributed by atoms with E-state index in [1.807, 2.05) is 66.7 Å². The van der Waals surface area contributed by atoms with Gasteiger partial charge in [-0.2, -0.15) is 0 Å². The zero-order chi connectivity index (χ0) is 20.7. The highest BCUT2D eigenvalue weighted by Gasteiger charge is 2.48. The highest BCUT2D eigenvalue weighted by atomic mass is 35.5. The van der Waals surface area contributed by atoms with E-state index in [4.69, 9.17) is 16.3 Å². The molecular formula is C25H20ClNO3. The van der Waals surface area contributed by atoms with E-state index in [0.29, 0.717) is 29.2 Å². The summed E-state index contributed by atoms with van der Waals surface area (Å²) < 4.78 is 5.82. The number of amides is 1. The van der Waals surface area contributed by atoms with Crippen molar-refractivity contribution in [2.75, 3.05) is 13.1 Å². The normalized spacial score (nSPS) is 20.2. The lowest BCUT2D eigenvalue weighted by Crippen LogP contribution is -2.48. The second-order valence-electron chi connectivity index (χ2n) is 7.85. The summed E-state index contributed by atoms with van der Waals surface area (Å²) in [6.07, 6.45) is 1.52. The molecule has 4 nitrogen and oxygen atoms in total. The van der Waals surface area contributed by atoms with Gasteiger partial charge in [0.1, 0.15) is 0 Å². The lowest BCUT2D eigenvalue weighted by Gasteiger charge is -2.39. The maximum absolute atomic E-state index is 13.2. The Morgan fingerprint density at radius 1 is 0.967 bits per heavy atom. The molecule has 1 amide bonds. The molecule has 3 aromatic rings. The summed E-state index contributed by atoms with van der Waals surface area (Å²) in [7, 11) is 0. The van der Waals surface area contributed by atoms with E-state index < -0.39 is 5.60 Å². The zero-order valence-corrected chi connectivity index (χ0v) is 17.1. The van der Waals surface area contributed by atoms with Gasteiger partial charge < -0.3 is 9.64 Å². The molecule has 2 heterocycles. The lowest BCUT2D eigenvalue weighted by atomic mass is 9.85. The number of ether oxygens (including phenoxy) is 1. The van der Waals surface area contributed by atoms with Crippen LogP contribution in [0.4, 0.5) is 0 Å². The van der Waals surface area contributed by atoms with E-state index >= 15 is 0 Å². The van der Waals surface area contributed by atoms with Crippen molar-refractivity contribution in [3.63, 3.8) is 0 Å². The third-order valence-corrected chi connectivity index (χ3v) is 6.19. The first-order valence-corrected chi connectivity index (χ1v) is 10.4. The van der Waals surface area contributed by atoms with E-state index in [1.54, 1.807) is 11.0 Å². The van der Waals surface area contributed by atoms with Gasteiger partial charge in [0.25, 0.3) is 5.91 Å². The Balaban J connectivity index is 1.39. The van der Waals surface area contributed by atoms with E-state index in [0.717, 1.165) is 29.5 Å². The van der Waals surface area contributed by atoms with Crippen molar-refractivity contribution in [3.8, 4) is 11.1 Å². The molecule has 30 heavy (non-hydrogen) atoms. The SMILES string of the molecule is O=C1OC2(CCCN(C(=O)c3ccc(-c4cccc(Cl)c4)cc3)C2)c2ccccc21. The third kappa shape index (κ3) is 3.17. The quantitative estimate of drug-likeness (QED) is 0.531. The van der Waals surface area contributed by atoms with Crippen LogP contribution >= 0.6 is 11.6 Å². The van der Waals surface area contributed by atoms with Gasteiger partial charge in [-0.3, -0.25) is 4.79 Å². The molecule has 0 bridgehead atoms. The van der Waals surface area contributed by atoms with Crippen molar-refractivity contribution >= 4 is 23.5 Å². The third-order valence-electron chi connectivity index (χ3n) is 5.96. The van der Waals surface area contributed by atoms with Crippen LogP contribution in [0.5, 0.6) is 0 Å². The lowest BCUT2D eigenvalue weighted by molar-refractivity contribution is -0.0442. The van der Waals surface area contributed by atoms with Gasteiger partial charge >= 0.3 is 5.97 Å². The van der Waals surface area contributed by atoms with Crippen LogP contribution in [0, 0.1) is 0 Å². The predicted molar refractivity (Wildman–Crippen MR) is 116 cm³/mol. The molecule has 0 N–H and O–H groups in total. The smallest absolute Gasteiger partial charge is 0.339 e.